The molecule has 1 aromatic heterocycles. The third kappa shape index (κ3) is 10.1. The van der Waals surface area contributed by atoms with Crippen LogP contribution in [0.15, 0.2) is 24.3 Å². The van der Waals surface area contributed by atoms with Crippen LogP contribution >= 0.6 is 0 Å². The first-order valence-electron chi connectivity index (χ1n) is 11.8. The number of nitrogens with zero attached hydrogens (tertiary/aromatic N) is 2. The summed E-state index contributed by atoms with van der Waals surface area (Å²) in [5.41, 5.74) is 0.333. The van der Waals surface area contributed by atoms with Crippen molar-refractivity contribution in [1.82, 2.24) is 15.1 Å². The lowest BCUT2D eigenvalue weighted by molar-refractivity contribution is -0.324. The van der Waals surface area contributed by atoms with Crippen molar-refractivity contribution in [2.75, 3.05) is 37.1 Å². The number of halogens is 6. The van der Waals surface area contributed by atoms with Crippen LogP contribution in [0.25, 0.3) is 0 Å². The van der Waals surface area contributed by atoms with E-state index in [1.165, 1.54) is 35.2 Å². The lowest BCUT2D eigenvalue weighted by Gasteiger charge is -2.23. The third-order valence-corrected chi connectivity index (χ3v) is 6.01. The van der Waals surface area contributed by atoms with Gasteiger partial charge in [0.2, 0.25) is 0 Å². The third-order valence-electron chi connectivity index (χ3n) is 5.34. The monoisotopic (exact) mass is 600 g/mol. The highest BCUT2D eigenvalue weighted by molar-refractivity contribution is 7.91. The Bertz CT molecular complexity index is 1170. The van der Waals surface area contributed by atoms with Gasteiger partial charge in [-0.3, -0.25) is 14.3 Å². The Hall–Kier alpha value is -3.18. The summed E-state index contributed by atoms with van der Waals surface area (Å²) in [6.07, 6.45) is -7.64. The van der Waals surface area contributed by atoms with E-state index < -0.39 is 54.8 Å². The first-order valence-corrected chi connectivity index (χ1v) is 13.6. The van der Waals surface area contributed by atoms with Gasteiger partial charge >= 0.3 is 12.5 Å². The quantitative estimate of drug-likeness (QED) is 0.206. The van der Waals surface area contributed by atoms with E-state index >= 15 is 0 Å². The molecule has 0 spiro atoms. The number of aryl methyl sites for hydroxylation is 1. The summed E-state index contributed by atoms with van der Waals surface area (Å²) in [5, 5.41) is 9.55. The van der Waals surface area contributed by atoms with E-state index in [-0.39, 0.29) is 61.0 Å². The Kier molecular flexibility index (Phi) is 10.5. The van der Waals surface area contributed by atoms with Gasteiger partial charge in [0.05, 0.1) is 25.2 Å². The van der Waals surface area contributed by atoms with E-state index in [0.29, 0.717) is 5.69 Å². The van der Waals surface area contributed by atoms with Gasteiger partial charge in [-0.25, -0.2) is 4.68 Å². The lowest BCUT2D eigenvalue weighted by Crippen LogP contribution is -2.42. The van der Waals surface area contributed by atoms with E-state index in [1.54, 1.807) is 0 Å². The summed E-state index contributed by atoms with van der Waals surface area (Å²) in [6.45, 7) is -2.16. The summed E-state index contributed by atoms with van der Waals surface area (Å²) in [4.78, 5) is 25.2. The predicted octanol–water partition coefficient (Wildman–Crippen LogP) is 3.19. The minimum absolute atomic E-state index is 0.0275. The van der Waals surface area contributed by atoms with Gasteiger partial charge in [0.1, 0.15) is 22.9 Å². The molecule has 2 amide bonds. The van der Waals surface area contributed by atoms with E-state index in [9.17, 15) is 40.5 Å². The van der Waals surface area contributed by atoms with E-state index in [0.717, 1.165) is 0 Å². The molecule has 40 heavy (non-hydrogen) atoms. The van der Waals surface area contributed by atoms with Gasteiger partial charge in [-0.15, -0.1) is 13.2 Å². The summed E-state index contributed by atoms with van der Waals surface area (Å²) < 4.78 is 101. The van der Waals surface area contributed by atoms with Crippen molar-refractivity contribution in [1.29, 1.82) is 0 Å². The normalized spacial score (nSPS) is 16.2. The Labute approximate surface area is 227 Å². The van der Waals surface area contributed by atoms with Crippen LogP contribution in [-0.2, 0) is 33.7 Å². The number of fused-ring (bicyclic) bond motifs is 1. The highest BCUT2D eigenvalue weighted by Crippen LogP contribution is 2.27. The van der Waals surface area contributed by atoms with Crippen LogP contribution in [0.5, 0.6) is 11.5 Å². The minimum Gasteiger partial charge on any atom is -0.616 e. The first-order chi connectivity index (χ1) is 18.7. The van der Waals surface area contributed by atoms with E-state index in [1.807, 2.05) is 0 Å². The molecule has 2 N–H and O–H groups in total. The second-order valence-electron chi connectivity index (χ2n) is 8.70. The number of hydrogen-bond donors (Lipinski definition) is 2. The van der Waals surface area contributed by atoms with Gasteiger partial charge < -0.3 is 24.7 Å². The highest BCUT2D eigenvalue weighted by atomic mass is 32.2. The standard InChI is InChI=1S/C23H26F6N4O6S/c1-40(36)12-18(34)31-20-19-17(32-33(20)7-3-8-39-23(27,28)29)10-14(30-21(19)35)6-9-37-15-4-2-5-16(11-15)38-13-22(24,25)26/h2,4-5,11,14H,3,6-10,12-13H2,1H3,(H,30,35)(H,31,34). The van der Waals surface area contributed by atoms with E-state index in [2.05, 4.69) is 20.5 Å². The molecule has 0 saturated carbocycles. The van der Waals surface area contributed by atoms with Crippen molar-refractivity contribution in [3.05, 3.63) is 35.5 Å². The SMILES string of the molecule is C[S+]([O-])CC(=O)Nc1c2c(nn1CCCOC(F)(F)F)CC(CCOc1cccc(OCC(F)(F)F)c1)NC2=O. The number of rotatable bonds is 13. The van der Waals surface area contributed by atoms with Crippen molar-refractivity contribution in [3.8, 4) is 11.5 Å². The molecule has 10 nitrogen and oxygen atoms in total. The van der Waals surface area contributed by atoms with Crippen LogP contribution in [0, 0.1) is 0 Å². The van der Waals surface area contributed by atoms with Crippen LogP contribution in [0.3, 0.4) is 0 Å². The molecule has 3 rings (SSSR count). The molecular formula is C23H26F6N4O6S. The van der Waals surface area contributed by atoms with E-state index in [4.69, 9.17) is 9.47 Å². The zero-order chi connectivity index (χ0) is 29.5. The Balaban J connectivity index is 1.64. The molecule has 2 atom stereocenters. The minimum atomic E-state index is -4.81. The van der Waals surface area contributed by atoms with Gasteiger partial charge in [0, 0.05) is 31.5 Å². The maximum Gasteiger partial charge on any atom is 0.522 e. The zero-order valence-corrected chi connectivity index (χ0v) is 21.9. The fraction of sp³-hybridized carbons (Fsp3) is 0.522. The smallest absolute Gasteiger partial charge is 0.522 e. The Morgan fingerprint density at radius 3 is 2.55 bits per heavy atom. The Morgan fingerprint density at radius 1 is 1.20 bits per heavy atom. The number of anilines is 1. The second-order valence-corrected chi connectivity index (χ2v) is 10.1. The molecule has 0 saturated heterocycles. The van der Waals surface area contributed by atoms with Crippen LogP contribution < -0.4 is 20.1 Å². The average Bonchev–Trinajstić information content (AvgIpc) is 3.16. The number of amides is 2. The number of aromatic nitrogens is 2. The molecule has 2 heterocycles. The number of ether oxygens (including phenoxy) is 3. The Morgan fingerprint density at radius 2 is 1.90 bits per heavy atom. The lowest BCUT2D eigenvalue weighted by atomic mass is 9.99. The maximum absolute atomic E-state index is 12.9. The molecule has 1 aliphatic rings. The predicted molar refractivity (Wildman–Crippen MR) is 129 cm³/mol. The van der Waals surface area contributed by atoms with Crippen LogP contribution in [-0.4, -0.2) is 76.6 Å². The molecular weight excluding hydrogens is 574 g/mol. The summed E-state index contributed by atoms with van der Waals surface area (Å²) in [6, 6.07) is 5.17. The number of alkyl halides is 6. The van der Waals surface area contributed by atoms with Gasteiger partial charge in [0.25, 0.3) is 11.8 Å². The molecule has 0 radical (unpaired) electrons. The fourth-order valence-corrected chi connectivity index (χ4v) is 4.23. The van der Waals surface area contributed by atoms with Crippen molar-refractivity contribution < 1.29 is 54.7 Å². The topological polar surface area (TPSA) is 127 Å². The second kappa shape index (κ2) is 13.5. The molecule has 0 fully saturated rings. The number of hydrogen-bond acceptors (Lipinski definition) is 7. The van der Waals surface area contributed by atoms with Crippen molar-refractivity contribution in [3.63, 3.8) is 0 Å². The summed E-state index contributed by atoms with van der Waals surface area (Å²) in [5.74, 6) is -1.41. The molecule has 1 aliphatic heterocycles. The average molecular weight is 601 g/mol. The molecule has 17 heteroatoms. The van der Waals surface area contributed by atoms with Gasteiger partial charge in [-0.2, -0.15) is 18.3 Å². The van der Waals surface area contributed by atoms with Crippen LogP contribution in [0.2, 0.25) is 0 Å². The fourth-order valence-electron chi connectivity index (χ4n) is 3.79. The number of carbonyl (C=O) groups is 2. The number of carbonyl (C=O) groups excluding carboxylic acids is 2. The molecule has 222 valence electrons. The van der Waals surface area contributed by atoms with Crippen LogP contribution in [0.4, 0.5) is 32.2 Å². The largest absolute Gasteiger partial charge is 0.616 e. The molecule has 0 aliphatic carbocycles. The summed E-state index contributed by atoms with van der Waals surface area (Å²) >= 11 is -1.48. The molecule has 2 unspecified atom stereocenters. The number of benzene rings is 1. The van der Waals surface area contributed by atoms with Crippen molar-refractivity contribution >= 4 is 28.8 Å². The van der Waals surface area contributed by atoms with Crippen LogP contribution in [0.1, 0.15) is 28.9 Å². The highest BCUT2D eigenvalue weighted by Gasteiger charge is 2.33. The van der Waals surface area contributed by atoms with Crippen molar-refractivity contribution in [2.24, 2.45) is 0 Å². The molecule has 2 aromatic rings. The zero-order valence-electron chi connectivity index (χ0n) is 21.1. The maximum atomic E-state index is 12.9. The molecule has 1 aromatic carbocycles. The van der Waals surface area contributed by atoms with Gasteiger partial charge in [-0.1, -0.05) is 6.07 Å². The first kappa shape index (κ1) is 31.3. The summed E-state index contributed by atoms with van der Waals surface area (Å²) in [7, 11) is 0. The van der Waals surface area contributed by atoms with Gasteiger partial charge in [-0.05, 0) is 29.7 Å². The molecule has 0 bridgehead atoms. The number of nitrogens with one attached hydrogen (secondary N) is 2. The van der Waals surface area contributed by atoms with Gasteiger partial charge in [0.15, 0.2) is 12.4 Å². The van der Waals surface area contributed by atoms with Crippen molar-refractivity contribution in [2.45, 2.75) is 44.4 Å².